The van der Waals surface area contributed by atoms with Gasteiger partial charge in [-0.3, -0.25) is 9.69 Å². The van der Waals surface area contributed by atoms with Crippen LogP contribution in [0.5, 0.6) is 0 Å². The Morgan fingerprint density at radius 1 is 0.821 bits per heavy atom. The lowest BCUT2D eigenvalue weighted by molar-refractivity contribution is -0.141. The molecule has 0 aromatic heterocycles. The molecule has 2 aromatic carbocycles. The van der Waals surface area contributed by atoms with Crippen LogP contribution in [0.1, 0.15) is 24.0 Å². The van der Waals surface area contributed by atoms with Gasteiger partial charge in [0.05, 0.1) is 5.41 Å². The van der Waals surface area contributed by atoms with E-state index in [1.807, 2.05) is 6.07 Å². The predicted molar refractivity (Wildman–Crippen MR) is 113 cm³/mol. The van der Waals surface area contributed by atoms with Gasteiger partial charge in [-0.1, -0.05) is 60.7 Å². The highest BCUT2D eigenvalue weighted by molar-refractivity contribution is 5.88. The van der Waals surface area contributed by atoms with Crippen LogP contribution in [0, 0.1) is 0 Å². The first-order valence-electron chi connectivity index (χ1n) is 10.5. The molecule has 2 heterocycles. The number of hydrogen-bond acceptors (Lipinski definition) is 3. The quantitative estimate of drug-likeness (QED) is 0.820. The van der Waals surface area contributed by atoms with Gasteiger partial charge in [0.1, 0.15) is 0 Å². The Morgan fingerprint density at radius 3 is 2.00 bits per heavy atom. The second-order valence-electron chi connectivity index (χ2n) is 8.31. The molecule has 1 amide bonds. The summed E-state index contributed by atoms with van der Waals surface area (Å²) in [5, 5.41) is 0. The van der Waals surface area contributed by atoms with Crippen LogP contribution in [0.2, 0.25) is 0 Å². The summed E-state index contributed by atoms with van der Waals surface area (Å²) in [5.41, 5.74) is 2.17. The minimum Gasteiger partial charge on any atom is -0.339 e. The minimum atomic E-state index is -0.371. The third-order valence-electron chi connectivity index (χ3n) is 6.48. The van der Waals surface area contributed by atoms with Gasteiger partial charge in [-0.25, -0.2) is 0 Å². The van der Waals surface area contributed by atoms with Gasteiger partial charge in [-0.2, -0.15) is 0 Å². The van der Waals surface area contributed by atoms with Crippen LogP contribution < -0.4 is 0 Å². The zero-order chi connectivity index (χ0) is 19.4. The number of benzene rings is 2. The molecule has 0 atom stereocenters. The number of carbonyl (C=O) groups excluding carboxylic acids is 1. The van der Waals surface area contributed by atoms with Gasteiger partial charge < -0.3 is 9.80 Å². The van der Waals surface area contributed by atoms with E-state index in [2.05, 4.69) is 76.3 Å². The van der Waals surface area contributed by atoms with Gasteiger partial charge in [0.25, 0.3) is 0 Å². The van der Waals surface area contributed by atoms with E-state index in [1.165, 1.54) is 11.1 Å². The van der Waals surface area contributed by atoms with E-state index in [1.54, 1.807) is 0 Å². The van der Waals surface area contributed by atoms with Crippen molar-refractivity contribution in [2.75, 3.05) is 46.3 Å². The fraction of sp³-hybridized carbons (Fsp3) is 0.458. The Bertz CT molecular complexity index is 761. The first-order valence-corrected chi connectivity index (χ1v) is 10.5. The first-order chi connectivity index (χ1) is 13.7. The van der Waals surface area contributed by atoms with Crippen LogP contribution in [0.25, 0.3) is 0 Å². The number of likely N-dealkylation sites (tertiary alicyclic amines) is 1. The summed E-state index contributed by atoms with van der Waals surface area (Å²) in [6.07, 6.45) is 1.80. The van der Waals surface area contributed by atoms with Gasteiger partial charge in [-0.15, -0.1) is 0 Å². The first kappa shape index (κ1) is 19.2. The fourth-order valence-electron chi connectivity index (χ4n) is 4.63. The van der Waals surface area contributed by atoms with E-state index >= 15 is 0 Å². The molecule has 0 N–H and O–H groups in total. The van der Waals surface area contributed by atoms with E-state index < -0.39 is 0 Å². The third kappa shape index (κ3) is 3.98. The molecule has 148 valence electrons. The number of amides is 1. The summed E-state index contributed by atoms with van der Waals surface area (Å²) in [7, 11) is 2.14. The number of piperidine rings is 1. The topological polar surface area (TPSA) is 26.8 Å². The zero-order valence-electron chi connectivity index (χ0n) is 16.9. The highest BCUT2D eigenvalue weighted by Gasteiger charge is 2.45. The van der Waals surface area contributed by atoms with Crippen molar-refractivity contribution in [3.63, 3.8) is 0 Å². The summed E-state index contributed by atoms with van der Waals surface area (Å²) in [4.78, 5) is 20.6. The molecule has 2 aromatic rings. The SMILES string of the molecule is CN1CCN(C(=O)C2(c3ccccc3)CCN(Cc3ccccc3)CC2)CC1. The van der Waals surface area contributed by atoms with Crippen molar-refractivity contribution < 1.29 is 4.79 Å². The number of likely N-dealkylation sites (N-methyl/N-ethyl adjacent to an activating group) is 1. The summed E-state index contributed by atoms with van der Waals surface area (Å²) >= 11 is 0. The molecule has 2 aliphatic rings. The molecular weight excluding hydrogens is 346 g/mol. The van der Waals surface area contributed by atoms with Gasteiger partial charge in [0.15, 0.2) is 0 Å². The Morgan fingerprint density at radius 2 is 1.39 bits per heavy atom. The monoisotopic (exact) mass is 377 g/mol. The average Bonchev–Trinajstić information content (AvgIpc) is 2.76. The highest BCUT2D eigenvalue weighted by atomic mass is 16.2. The molecule has 2 saturated heterocycles. The van der Waals surface area contributed by atoms with E-state index in [0.717, 1.165) is 58.7 Å². The summed E-state index contributed by atoms with van der Waals surface area (Å²) < 4.78 is 0. The molecule has 0 saturated carbocycles. The number of hydrogen-bond donors (Lipinski definition) is 0. The van der Waals surface area contributed by atoms with Gasteiger partial charge in [0, 0.05) is 32.7 Å². The van der Waals surface area contributed by atoms with E-state index in [9.17, 15) is 4.79 Å². The standard InChI is InChI=1S/C24H31N3O/c1-25-16-18-27(19-17-25)23(28)24(22-10-6-3-7-11-22)12-14-26(15-13-24)20-21-8-4-2-5-9-21/h2-11H,12-20H2,1H3. The Labute approximate surface area is 168 Å². The molecule has 4 rings (SSSR count). The molecule has 2 aliphatic heterocycles. The molecular formula is C24H31N3O. The molecule has 0 radical (unpaired) electrons. The van der Waals surface area contributed by atoms with Crippen molar-refractivity contribution in [2.45, 2.75) is 24.8 Å². The lowest BCUT2D eigenvalue weighted by Crippen LogP contribution is -2.56. The molecule has 0 spiro atoms. The summed E-state index contributed by atoms with van der Waals surface area (Å²) in [6.45, 7) is 6.52. The summed E-state index contributed by atoms with van der Waals surface area (Å²) in [5.74, 6) is 0.339. The Kier molecular flexibility index (Phi) is 5.79. The van der Waals surface area contributed by atoms with Gasteiger partial charge >= 0.3 is 0 Å². The number of nitrogens with zero attached hydrogens (tertiary/aromatic N) is 3. The molecule has 0 unspecified atom stereocenters. The normalized spacial score (nSPS) is 20.8. The third-order valence-corrected chi connectivity index (χ3v) is 6.48. The van der Waals surface area contributed by atoms with Gasteiger partial charge in [-0.05, 0) is 44.1 Å². The van der Waals surface area contributed by atoms with Crippen molar-refractivity contribution in [3.05, 3.63) is 71.8 Å². The highest BCUT2D eigenvalue weighted by Crippen LogP contribution is 2.38. The smallest absolute Gasteiger partial charge is 0.233 e. The van der Waals surface area contributed by atoms with Crippen LogP contribution in [-0.4, -0.2) is 66.9 Å². The maximum atomic E-state index is 13.7. The lowest BCUT2D eigenvalue weighted by atomic mass is 9.71. The van der Waals surface area contributed by atoms with Crippen LogP contribution in [0.4, 0.5) is 0 Å². The summed E-state index contributed by atoms with van der Waals surface area (Å²) in [6, 6.07) is 21.1. The average molecular weight is 378 g/mol. The molecule has 28 heavy (non-hydrogen) atoms. The van der Waals surface area contributed by atoms with Gasteiger partial charge in [0.2, 0.25) is 5.91 Å². The van der Waals surface area contributed by atoms with Crippen LogP contribution in [-0.2, 0) is 16.8 Å². The van der Waals surface area contributed by atoms with E-state index in [4.69, 9.17) is 0 Å². The number of piperazine rings is 1. The Hall–Kier alpha value is -2.17. The zero-order valence-corrected chi connectivity index (χ0v) is 16.9. The predicted octanol–water partition coefficient (Wildman–Crippen LogP) is 2.99. The van der Waals surface area contributed by atoms with Crippen LogP contribution in [0.3, 0.4) is 0 Å². The van der Waals surface area contributed by atoms with Crippen molar-refractivity contribution >= 4 is 5.91 Å². The minimum absolute atomic E-state index is 0.339. The van der Waals surface area contributed by atoms with Crippen molar-refractivity contribution in [1.82, 2.24) is 14.7 Å². The number of rotatable bonds is 4. The maximum Gasteiger partial charge on any atom is 0.233 e. The largest absolute Gasteiger partial charge is 0.339 e. The molecule has 2 fully saturated rings. The van der Waals surface area contributed by atoms with E-state index in [0.29, 0.717) is 5.91 Å². The molecule has 0 aliphatic carbocycles. The van der Waals surface area contributed by atoms with Crippen molar-refractivity contribution in [3.8, 4) is 0 Å². The van der Waals surface area contributed by atoms with E-state index in [-0.39, 0.29) is 5.41 Å². The van der Waals surface area contributed by atoms with Crippen molar-refractivity contribution in [1.29, 1.82) is 0 Å². The van der Waals surface area contributed by atoms with Crippen LogP contribution >= 0.6 is 0 Å². The second-order valence-corrected chi connectivity index (χ2v) is 8.31. The second kappa shape index (κ2) is 8.46. The van der Waals surface area contributed by atoms with Crippen molar-refractivity contribution in [2.24, 2.45) is 0 Å². The maximum absolute atomic E-state index is 13.7. The molecule has 4 nitrogen and oxygen atoms in total. The Balaban J connectivity index is 1.52. The molecule has 4 heteroatoms. The number of carbonyl (C=O) groups is 1. The lowest BCUT2D eigenvalue weighted by Gasteiger charge is -2.45. The van der Waals surface area contributed by atoms with Crippen LogP contribution in [0.15, 0.2) is 60.7 Å². The molecule has 0 bridgehead atoms. The fourth-order valence-corrected chi connectivity index (χ4v) is 4.63.